The average molecular weight is 337 g/mol. The van der Waals surface area contributed by atoms with Gasteiger partial charge in [0, 0.05) is 36.7 Å². The van der Waals surface area contributed by atoms with Gasteiger partial charge < -0.3 is 15.7 Å². The number of hydrogen-bond acceptors (Lipinski definition) is 5. The minimum atomic E-state index is -1.01. The lowest BCUT2D eigenvalue weighted by molar-refractivity contribution is -0.384. The predicted molar refractivity (Wildman–Crippen MR) is 84.5 cm³/mol. The van der Waals surface area contributed by atoms with Crippen LogP contribution < -0.4 is 10.6 Å². The number of carboxylic acid groups (broad SMARTS) is 1. The summed E-state index contributed by atoms with van der Waals surface area (Å²) in [5.74, 6) is -2.55. The van der Waals surface area contributed by atoms with E-state index in [1.165, 1.54) is 31.2 Å². The maximum atomic E-state index is 11.8. The number of non-ortho nitro benzene ring substituents is 1. The zero-order valence-electron chi connectivity index (χ0n) is 13.3. The molecular weight excluding hydrogens is 318 g/mol. The topological polar surface area (TPSA) is 139 Å². The summed E-state index contributed by atoms with van der Waals surface area (Å²) in [7, 11) is 0. The van der Waals surface area contributed by atoms with Gasteiger partial charge in [-0.2, -0.15) is 0 Å². The van der Waals surface area contributed by atoms with E-state index in [0.717, 1.165) is 0 Å². The third-order valence-corrected chi connectivity index (χ3v) is 3.51. The second-order valence-electron chi connectivity index (χ2n) is 5.29. The Labute approximate surface area is 138 Å². The number of rotatable bonds is 8. The summed E-state index contributed by atoms with van der Waals surface area (Å²) in [6.45, 7) is 3.14. The Hall–Kier alpha value is -2.97. The number of hydrogen-bond donors (Lipinski definition) is 3. The summed E-state index contributed by atoms with van der Waals surface area (Å²) in [5, 5.41) is 24.4. The Bertz CT molecular complexity index is 629. The molecule has 0 aliphatic rings. The number of benzene rings is 1. The second kappa shape index (κ2) is 8.61. The first kappa shape index (κ1) is 19.1. The van der Waals surface area contributed by atoms with E-state index in [1.807, 2.05) is 0 Å². The molecule has 1 aromatic carbocycles. The van der Waals surface area contributed by atoms with Gasteiger partial charge in [0.15, 0.2) is 0 Å². The first-order chi connectivity index (χ1) is 11.2. The lowest BCUT2D eigenvalue weighted by atomic mass is 10.0. The molecule has 1 rings (SSSR count). The fraction of sp³-hybridized carbons (Fsp3) is 0.400. The fourth-order valence-electron chi connectivity index (χ4n) is 1.79. The van der Waals surface area contributed by atoms with Crippen molar-refractivity contribution in [3.63, 3.8) is 0 Å². The van der Waals surface area contributed by atoms with Crippen LogP contribution in [0.3, 0.4) is 0 Å². The molecule has 9 heteroatoms. The van der Waals surface area contributed by atoms with Crippen LogP contribution in [0, 0.1) is 16.0 Å². The smallest absolute Gasteiger partial charge is 0.308 e. The second-order valence-corrected chi connectivity index (χ2v) is 5.29. The standard InChI is InChI=1S/C15H19N3O6/c1-9(15(21)22)10(2)17-13(19)7-8-16-14(20)11-3-5-12(6-4-11)18(23)24/h3-6,9-10H,7-8H2,1-2H3,(H,16,20)(H,17,19)(H,21,22). The van der Waals surface area contributed by atoms with Crippen LogP contribution in [0.1, 0.15) is 30.6 Å². The Morgan fingerprint density at radius 3 is 2.29 bits per heavy atom. The molecule has 0 spiro atoms. The number of nitrogens with one attached hydrogen (secondary N) is 2. The third kappa shape index (κ3) is 5.67. The lowest BCUT2D eigenvalue weighted by Crippen LogP contribution is -2.41. The van der Waals surface area contributed by atoms with Gasteiger partial charge in [-0.1, -0.05) is 0 Å². The van der Waals surface area contributed by atoms with Crippen LogP contribution in [0.15, 0.2) is 24.3 Å². The van der Waals surface area contributed by atoms with E-state index in [1.54, 1.807) is 6.92 Å². The largest absolute Gasteiger partial charge is 0.481 e. The van der Waals surface area contributed by atoms with Crippen molar-refractivity contribution >= 4 is 23.5 Å². The van der Waals surface area contributed by atoms with Crippen molar-refractivity contribution in [3.8, 4) is 0 Å². The maximum Gasteiger partial charge on any atom is 0.308 e. The van der Waals surface area contributed by atoms with Crippen molar-refractivity contribution in [2.45, 2.75) is 26.3 Å². The highest BCUT2D eigenvalue weighted by atomic mass is 16.6. The highest BCUT2D eigenvalue weighted by Gasteiger charge is 2.20. The number of nitro groups is 1. The van der Waals surface area contributed by atoms with Gasteiger partial charge in [-0.05, 0) is 26.0 Å². The summed E-state index contributed by atoms with van der Waals surface area (Å²) in [5.41, 5.74) is 0.126. The number of nitrogens with zero attached hydrogens (tertiary/aromatic N) is 1. The van der Waals surface area contributed by atoms with E-state index in [-0.39, 0.29) is 30.1 Å². The summed E-state index contributed by atoms with van der Waals surface area (Å²) in [4.78, 5) is 44.3. The molecule has 0 radical (unpaired) electrons. The van der Waals surface area contributed by atoms with Crippen molar-refractivity contribution in [2.75, 3.05) is 6.54 Å². The van der Waals surface area contributed by atoms with Gasteiger partial charge in [0.2, 0.25) is 5.91 Å². The first-order valence-electron chi connectivity index (χ1n) is 7.27. The van der Waals surface area contributed by atoms with Gasteiger partial charge in [-0.15, -0.1) is 0 Å². The molecule has 2 atom stereocenters. The molecule has 0 aliphatic carbocycles. The van der Waals surface area contributed by atoms with Gasteiger partial charge in [0.05, 0.1) is 10.8 Å². The van der Waals surface area contributed by atoms with Crippen LogP contribution in [0.4, 0.5) is 5.69 Å². The van der Waals surface area contributed by atoms with Crippen molar-refractivity contribution in [2.24, 2.45) is 5.92 Å². The van der Waals surface area contributed by atoms with Crippen LogP contribution in [0.2, 0.25) is 0 Å². The Morgan fingerprint density at radius 2 is 1.79 bits per heavy atom. The molecule has 3 N–H and O–H groups in total. The van der Waals surface area contributed by atoms with Gasteiger partial charge in [0.1, 0.15) is 0 Å². The highest BCUT2D eigenvalue weighted by molar-refractivity contribution is 5.94. The number of carbonyl (C=O) groups is 3. The minimum absolute atomic E-state index is 0.00456. The number of aliphatic carboxylic acids is 1. The molecule has 0 saturated carbocycles. The maximum absolute atomic E-state index is 11.8. The van der Waals surface area contributed by atoms with Crippen LogP contribution in [-0.4, -0.2) is 40.4 Å². The van der Waals surface area contributed by atoms with Gasteiger partial charge in [-0.25, -0.2) is 0 Å². The molecule has 0 fully saturated rings. The Morgan fingerprint density at radius 1 is 1.21 bits per heavy atom. The molecule has 0 saturated heterocycles. The number of carbonyl (C=O) groups excluding carboxylic acids is 2. The van der Waals surface area contributed by atoms with E-state index in [0.29, 0.717) is 0 Å². The molecule has 0 bridgehead atoms. The Kier molecular flexibility index (Phi) is 6.84. The van der Waals surface area contributed by atoms with Gasteiger partial charge in [-0.3, -0.25) is 24.5 Å². The lowest BCUT2D eigenvalue weighted by Gasteiger charge is -2.17. The zero-order chi connectivity index (χ0) is 18.3. The van der Waals surface area contributed by atoms with Crippen LogP contribution >= 0.6 is 0 Å². The molecule has 130 valence electrons. The quantitative estimate of drug-likeness (QED) is 0.476. The number of carboxylic acids is 1. The summed E-state index contributed by atoms with van der Waals surface area (Å²) in [6, 6.07) is 4.56. The van der Waals surface area contributed by atoms with Crippen molar-refractivity contribution in [3.05, 3.63) is 39.9 Å². The monoisotopic (exact) mass is 337 g/mol. The number of nitro benzene ring substituents is 1. The van der Waals surface area contributed by atoms with Crippen molar-refractivity contribution in [1.29, 1.82) is 0 Å². The van der Waals surface area contributed by atoms with E-state index in [2.05, 4.69) is 10.6 Å². The molecule has 2 amide bonds. The van der Waals surface area contributed by atoms with E-state index in [9.17, 15) is 24.5 Å². The highest BCUT2D eigenvalue weighted by Crippen LogP contribution is 2.11. The molecule has 24 heavy (non-hydrogen) atoms. The molecule has 0 aliphatic heterocycles. The molecule has 0 heterocycles. The molecule has 1 aromatic rings. The summed E-state index contributed by atoms with van der Waals surface area (Å²) in [6.07, 6.45) is -0.00456. The summed E-state index contributed by atoms with van der Waals surface area (Å²) < 4.78 is 0. The number of amides is 2. The van der Waals surface area contributed by atoms with Gasteiger partial charge >= 0.3 is 5.97 Å². The Balaban J connectivity index is 2.41. The molecule has 9 nitrogen and oxygen atoms in total. The van der Waals surface area contributed by atoms with E-state index < -0.39 is 28.8 Å². The molecule has 0 aromatic heterocycles. The van der Waals surface area contributed by atoms with Crippen molar-refractivity contribution < 1.29 is 24.4 Å². The normalized spacial score (nSPS) is 12.8. The molecular formula is C15H19N3O6. The fourth-order valence-corrected chi connectivity index (χ4v) is 1.79. The first-order valence-corrected chi connectivity index (χ1v) is 7.27. The zero-order valence-corrected chi connectivity index (χ0v) is 13.3. The van der Waals surface area contributed by atoms with E-state index >= 15 is 0 Å². The average Bonchev–Trinajstić information content (AvgIpc) is 2.53. The minimum Gasteiger partial charge on any atom is -0.481 e. The van der Waals surface area contributed by atoms with E-state index in [4.69, 9.17) is 5.11 Å². The van der Waals surface area contributed by atoms with Crippen LogP contribution in [0.5, 0.6) is 0 Å². The van der Waals surface area contributed by atoms with Crippen LogP contribution in [0.25, 0.3) is 0 Å². The molecule has 2 unspecified atom stereocenters. The summed E-state index contributed by atoms with van der Waals surface area (Å²) >= 11 is 0. The van der Waals surface area contributed by atoms with Gasteiger partial charge in [0.25, 0.3) is 11.6 Å². The van der Waals surface area contributed by atoms with Crippen LogP contribution in [-0.2, 0) is 9.59 Å². The van der Waals surface area contributed by atoms with Crippen molar-refractivity contribution in [1.82, 2.24) is 10.6 Å². The third-order valence-electron chi connectivity index (χ3n) is 3.51. The SMILES string of the molecule is CC(NC(=O)CCNC(=O)c1ccc([N+](=O)[O-])cc1)C(C)C(=O)O. The predicted octanol–water partition coefficient (Wildman–Crippen LogP) is 0.940.